The van der Waals surface area contributed by atoms with Crippen molar-refractivity contribution in [1.29, 1.82) is 0 Å². The lowest BCUT2D eigenvalue weighted by Crippen LogP contribution is -2.23. The second kappa shape index (κ2) is 8.17. The van der Waals surface area contributed by atoms with E-state index in [0.717, 1.165) is 5.69 Å². The number of para-hydroxylation sites is 2. The molecule has 8 heteroatoms. The molecule has 4 aromatic rings. The van der Waals surface area contributed by atoms with E-state index in [1.807, 2.05) is 54.6 Å². The van der Waals surface area contributed by atoms with Gasteiger partial charge in [-0.2, -0.15) is 4.68 Å². The monoisotopic (exact) mass is 374 g/mol. The second-order valence-corrected chi connectivity index (χ2v) is 6.00. The number of amides is 1. The Hall–Kier alpha value is -3.94. The van der Waals surface area contributed by atoms with Gasteiger partial charge in [-0.1, -0.05) is 30.3 Å². The van der Waals surface area contributed by atoms with E-state index in [0.29, 0.717) is 35.9 Å². The average Bonchev–Trinajstić information content (AvgIpc) is 3.43. The lowest BCUT2D eigenvalue weighted by atomic mass is 10.1. The molecular formula is C20H18N6O2. The maximum atomic E-state index is 12.6. The summed E-state index contributed by atoms with van der Waals surface area (Å²) >= 11 is 0. The summed E-state index contributed by atoms with van der Waals surface area (Å²) in [6.45, 7) is 0.691. The summed E-state index contributed by atoms with van der Waals surface area (Å²) in [6, 6.07) is 20.5. The highest BCUT2D eigenvalue weighted by molar-refractivity contribution is 5.99. The van der Waals surface area contributed by atoms with Gasteiger partial charge in [0, 0.05) is 5.69 Å². The minimum Gasteiger partial charge on any atom is -0.467 e. The molecule has 2 N–H and O–H groups in total. The van der Waals surface area contributed by atoms with E-state index >= 15 is 0 Å². The van der Waals surface area contributed by atoms with Gasteiger partial charge in [0.1, 0.15) is 5.76 Å². The first-order chi connectivity index (χ1) is 13.8. The van der Waals surface area contributed by atoms with Gasteiger partial charge in [0.2, 0.25) is 0 Å². The smallest absolute Gasteiger partial charge is 0.253 e. The molecule has 140 valence electrons. The van der Waals surface area contributed by atoms with Crippen molar-refractivity contribution in [1.82, 2.24) is 25.5 Å². The normalized spacial score (nSPS) is 10.6. The van der Waals surface area contributed by atoms with E-state index in [4.69, 9.17) is 4.42 Å². The predicted octanol–water partition coefficient (Wildman–Crippen LogP) is 2.80. The van der Waals surface area contributed by atoms with Crippen LogP contribution in [0.4, 0.5) is 5.69 Å². The van der Waals surface area contributed by atoms with Gasteiger partial charge in [0.05, 0.1) is 30.6 Å². The van der Waals surface area contributed by atoms with Gasteiger partial charge < -0.3 is 15.1 Å². The van der Waals surface area contributed by atoms with Crippen molar-refractivity contribution in [3.05, 3.63) is 90.1 Å². The number of tetrazole rings is 1. The Morgan fingerprint density at radius 1 is 0.964 bits per heavy atom. The number of hydrogen-bond acceptors (Lipinski definition) is 6. The molecular weight excluding hydrogens is 356 g/mol. The number of nitrogens with zero attached hydrogens (tertiary/aromatic N) is 4. The van der Waals surface area contributed by atoms with E-state index in [1.165, 1.54) is 0 Å². The zero-order chi connectivity index (χ0) is 19.2. The minimum absolute atomic E-state index is 0.192. The number of furan rings is 1. The van der Waals surface area contributed by atoms with Gasteiger partial charge in [-0.25, -0.2) is 0 Å². The third kappa shape index (κ3) is 3.90. The van der Waals surface area contributed by atoms with Crippen molar-refractivity contribution in [2.75, 3.05) is 5.32 Å². The molecule has 0 atom stereocenters. The number of carbonyl (C=O) groups is 1. The Bertz CT molecular complexity index is 1040. The van der Waals surface area contributed by atoms with Crippen LogP contribution in [-0.4, -0.2) is 26.1 Å². The van der Waals surface area contributed by atoms with Crippen LogP contribution < -0.4 is 10.6 Å². The van der Waals surface area contributed by atoms with Crippen LogP contribution in [0.3, 0.4) is 0 Å². The highest BCUT2D eigenvalue weighted by atomic mass is 16.3. The topological polar surface area (TPSA) is 97.9 Å². The van der Waals surface area contributed by atoms with Crippen LogP contribution in [0, 0.1) is 0 Å². The summed E-state index contributed by atoms with van der Waals surface area (Å²) in [6.07, 6.45) is 1.58. The summed E-state index contributed by atoms with van der Waals surface area (Å²) in [7, 11) is 0. The van der Waals surface area contributed by atoms with E-state index in [2.05, 4.69) is 26.2 Å². The van der Waals surface area contributed by atoms with Crippen LogP contribution in [0.25, 0.3) is 5.69 Å². The van der Waals surface area contributed by atoms with Crippen LogP contribution in [0.15, 0.2) is 77.4 Å². The Balaban J connectivity index is 1.46. The zero-order valence-electron chi connectivity index (χ0n) is 14.9. The molecule has 0 saturated heterocycles. The van der Waals surface area contributed by atoms with Gasteiger partial charge >= 0.3 is 0 Å². The minimum atomic E-state index is -0.192. The molecule has 1 amide bonds. The second-order valence-electron chi connectivity index (χ2n) is 6.00. The summed E-state index contributed by atoms with van der Waals surface area (Å²) in [4.78, 5) is 12.6. The fraction of sp³-hybridized carbons (Fsp3) is 0.100. The van der Waals surface area contributed by atoms with Crippen LogP contribution in [0.1, 0.15) is 21.9 Å². The van der Waals surface area contributed by atoms with Gasteiger partial charge in [0.25, 0.3) is 5.91 Å². The van der Waals surface area contributed by atoms with Crippen molar-refractivity contribution >= 4 is 11.6 Å². The van der Waals surface area contributed by atoms with E-state index < -0.39 is 0 Å². The number of hydrogen-bond donors (Lipinski definition) is 2. The number of carbonyl (C=O) groups excluding carboxylic acids is 1. The molecule has 0 aliphatic carbocycles. The van der Waals surface area contributed by atoms with Gasteiger partial charge in [-0.3, -0.25) is 4.79 Å². The molecule has 0 fully saturated rings. The van der Waals surface area contributed by atoms with Crippen molar-refractivity contribution in [2.24, 2.45) is 0 Å². The molecule has 0 unspecified atom stereocenters. The average molecular weight is 374 g/mol. The molecule has 0 saturated carbocycles. The Morgan fingerprint density at radius 3 is 2.61 bits per heavy atom. The highest BCUT2D eigenvalue weighted by Crippen LogP contribution is 2.17. The Labute approximate surface area is 161 Å². The summed E-state index contributed by atoms with van der Waals surface area (Å²) in [5.41, 5.74) is 2.10. The van der Waals surface area contributed by atoms with Crippen molar-refractivity contribution in [2.45, 2.75) is 13.1 Å². The van der Waals surface area contributed by atoms with Crippen LogP contribution in [0.2, 0.25) is 0 Å². The maximum absolute atomic E-state index is 12.6. The molecule has 0 aliphatic heterocycles. The largest absolute Gasteiger partial charge is 0.467 e. The first-order valence-corrected chi connectivity index (χ1v) is 8.77. The lowest BCUT2D eigenvalue weighted by Gasteiger charge is -2.12. The number of benzene rings is 2. The van der Waals surface area contributed by atoms with E-state index in [-0.39, 0.29) is 5.91 Å². The summed E-state index contributed by atoms with van der Waals surface area (Å²) in [5, 5.41) is 18.0. The first kappa shape index (κ1) is 17.5. The predicted molar refractivity (Wildman–Crippen MR) is 103 cm³/mol. The highest BCUT2D eigenvalue weighted by Gasteiger charge is 2.13. The molecule has 2 aromatic heterocycles. The van der Waals surface area contributed by atoms with E-state index in [1.54, 1.807) is 23.1 Å². The molecule has 2 aromatic carbocycles. The standard InChI is InChI=1S/C20H18N6O2/c27-20(22-13-16-9-6-12-28-16)17-10-4-5-11-18(17)21-14-19-23-24-25-26(19)15-7-2-1-3-8-15/h1-12,21H,13-14H2,(H,22,27). The molecule has 4 rings (SSSR count). The van der Waals surface area contributed by atoms with Crippen LogP contribution in [-0.2, 0) is 13.1 Å². The third-order valence-corrected chi connectivity index (χ3v) is 4.15. The number of aromatic nitrogens is 4. The number of rotatable bonds is 7. The van der Waals surface area contributed by atoms with Gasteiger partial charge in [-0.15, -0.1) is 5.10 Å². The fourth-order valence-electron chi connectivity index (χ4n) is 2.77. The summed E-state index contributed by atoms with van der Waals surface area (Å²) in [5.74, 6) is 1.14. The first-order valence-electron chi connectivity index (χ1n) is 8.77. The molecule has 0 bridgehead atoms. The third-order valence-electron chi connectivity index (χ3n) is 4.15. The molecule has 8 nitrogen and oxygen atoms in total. The Kier molecular flexibility index (Phi) is 5.10. The van der Waals surface area contributed by atoms with Crippen molar-refractivity contribution in [3.8, 4) is 5.69 Å². The number of nitrogens with one attached hydrogen (secondary N) is 2. The van der Waals surface area contributed by atoms with Crippen LogP contribution >= 0.6 is 0 Å². The quantitative estimate of drug-likeness (QED) is 0.516. The van der Waals surface area contributed by atoms with Crippen molar-refractivity contribution < 1.29 is 9.21 Å². The maximum Gasteiger partial charge on any atom is 0.253 e. The fourth-order valence-corrected chi connectivity index (χ4v) is 2.77. The molecule has 2 heterocycles. The lowest BCUT2D eigenvalue weighted by molar-refractivity contribution is 0.0949. The molecule has 28 heavy (non-hydrogen) atoms. The molecule has 0 aliphatic rings. The molecule has 0 spiro atoms. The van der Waals surface area contributed by atoms with Gasteiger partial charge in [-0.05, 0) is 46.8 Å². The number of anilines is 1. The summed E-state index contributed by atoms with van der Waals surface area (Å²) < 4.78 is 6.91. The van der Waals surface area contributed by atoms with Crippen molar-refractivity contribution in [3.63, 3.8) is 0 Å². The van der Waals surface area contributed by atoms with Crippen LogP contribution in [0.5, 0.6) is 0 Å². The van der Waals surface area contributed by atoms with E-state index in [9.17, 15) is 4.79 Å². The Morgan fingerprint density at radius 2 is 1.79 bits per heavy atom. The van der Waals surface area contributed by atoms with Gasteiger partial charge in [0.15, 0.2) is 5.82 Å². The SMILES string of the molecule is O=C(NCc1ccco1)c1ccccc1NCc1nnnn1-c1ccccc1. The molecule has 0 radical (unpaired) electrons. The zero-order valence-corrected chi connectivity index (χ0v) is 14.9.